The highest BCUT2D eigenvalue weighted by Crippen LogP contribution is 2.13. The maximum absolute atomic E-state index is 8.11. The number of rotatable bonds is 2. The molecule has 0 atom stereocenters. The molecule has 0 unspecified atom stereocenters. The molecule has 5 heteroatoms. The molecule has 0 spiro atoms. The summed E-state index contributed by atoms with van der Waals surface area (Å²) in [5.74, 6) is 0. The Hall–Kier alpha value is -1.22. The van der Waals surface area contributed by atoms with E-state index >= 15 is 0 Å². The van der Waals surface area contributed by atoms with E-state index in [-0.39, 0.29) is 12.4 Å². The molecule has 0 aliphatic heterocycles. The molecule has 0 aliphatic rings. The fraction of sp³-hybridized carbons (Fsp3) is 0.143. The first-order chi connectivity index (χ1) is 5.36. The van der Waals surface area contributed by atoms with Gasteiger partial charge in [0.15, 0.2) is 0 Å². The zero-order chi connectivity index (χ0) is 8.10. The Kier molecular flexibility index (Phi) is 4.88. The SMILES string of the molecule is Cl.[N-]=[N+]=Nc1cccc(CN)c1. The second kappa shape index (κ2) is 5.43. The first-order valence-corrected chi connectivity index (χ1v) is 3.21. The largest absolute Gasteiger partial charge is 0.326 e. The Balaban J connectivity index is 0.00000121. The fourth-order valence-electron chi connectivity index (χ4n) is 0.797. The molecule has 12 heavy (non-hydrogen) atoms. The van der Waals surface area contributed by atoms with E-state index in [1.165, 1.54) is 0 Å². The van der Waals surface area contributed by atoms with Crippen LogP contribution in [0, 0.1) is 0 Å². The van der Waals surface area contributed by atoms with Crippen LogP contribution in [-0.4, -0.2) is 0 Å². The highest BCUT2D eigenvalue weighted by atomic mass is 35.5. The third kappa shape index (κ3) is 2.80. The van der Waals surface area contributed by atoms with Gasteiger partial charge in [-0.15, -0.1) is 12.4 Å². The number of nitrogens with two attached hydrogens (primary N) is 1. The first-order valence-electron chi connectivity index (χ1n) is 3.21. The average molecular weight is 185 g/mol. The third-order valence-corrected chi connectivity index (χ3v) is 1.31. The molecule has 0 bridgehead atoms. The predicted molar refractivity (Wildman–Crippen MR) is 50.4 cm³/mol. The first kappa shape index (κ1) is 10.8. The lowest BCUT2D eigenvalue weighted by atomic mass is 10.2. The molecule has 2 N–H and O–H groups in total. The Morgan fingerprint density at radius 1 is 1.50 bits per heavy atom. The molecule has 1 aromatic carbocycles. The molecular weight excluding hydrogens is 176 g/mol. The van der Waals surface area contributed by atoms with Gasteiger partial charge in [-0.25, -0.2) is 0 Å². The molecule has 64 valence electrons. The van der Waals surface area contributed by atoms with Crippen molar-refractivity contribution in [1.82, 2.24) is 0 Å². The smallest absolute Gasteiger partial charge is 0.0378 e. The summed E-state index contributed by atoms with van der Waals surface area (Å²) in [7, 11) is 0. The van der Waals surface area contributed by atoms with E-state index in [1.54, 1.807) is 12.1 Å². The van der Waals surface area contributed by atoms with Crippen molar-refractivity contribution in [3.8, 4) is 0 Å². The van der Waals surface area contributed by atoms with Crippen LogP contribution in [-0.2, 0) is 6.54 Å². The van der Waals surface area contributed by atoms with Gasteiger partial charge in [0.05, 0.1) is 0 Å². The zero-order valence-electron chi connectivity index (χ0n) is 6.34. The van der Waals surface area contributed by atoms with Gasteiger partial charge in [-0.05, 0) is 17.2 Å². The molecule has 0 amide bonds. The van der Waals surface area contributed by atoms with Crippen molar-refractivity contribution < 1.29 is 0 Å². The van der Waals surface area contributed by atoms with Gasteiger partial charge in [0.25, 0.3) is 0 Å². The van der Waals surface area contributed by atoms with Crippen molar-refractivity contribution in [2.75, 3.05) is 0 Å². The number of benzene rings is 1. The summed E-state index contributed by atoms with van der Waals surface area (Å²) in [6.07, 6.45) is 0. The molecular formula is C7H9ClN4. The van der Waals surface area contributed by atoms with Crippen molar-refractivity contribution in [3.63, 3.8) is 0 Å². The normalized spacial score (nSPS) is 8.08. The van der Waals surface area contributed by atoms with Gasteiger partial charge < -0.3 is 5.73 Å². The molecule has 0 radical (unpaired) electrons. The Morgan fingerprint density at radius 2 is 2.25 bits per heavy atom. The predicted octanol–water partition coefficient (Wildman–Crippen LogP) is 2.51. The number of halogens is 1. The lowest BCUT2D eigenvalue weighted by molar-refractivity contribution is 1.07. The van der Waals surface area contributed by atoms with Crippen molar-refractivity contribution in [2.24, 2.45) is 10.8 Å². The van der Waals surface area contributed by atoms with Crippen molar-refractivity contribution in [3.05, 3.63) is 40.3 Å². The van der Waals surface area contributed by atoms with Gasteiger partial charge in [-0.1, -0.05) is 23.3 Å². The lowest BCUT2D eigenvalue weighted by Gasteiger charge is -1.95. The average Bonchev–Trinajstić information content (AvgIpc) is 2.06. The molecule has 0 fully saturated rings. The highest BCUT2D eigenvalue weighted by molar-refractivity contribution is 5.85. The second-order valence-corrected chi connectivity index (χ2v) is 2.06. The Morgan fingerprint density at radius 3 is 2.83 bits per heavy atom. The zero-order valence-corrected chi connectivity index (χ0v) is 7.16. The topological polar surface area (TPSA) is 74.8 Å². The van der Waals surface area contributed by atoms with Crippen LogP contribution in [0.3, 0.4) is 0 Å². The molecule has 1 aromatic rings. The number of azide groups is 1. The van der Waals surface area contributed by atoms with Gasteiger partial charge in [0.1, 0.15) is 0 Å². The van der Waals surface area contributed by atoms with Crippen LogP contribution in [0.1, 0.15) is 5.56 Å². The molecule has 0 aliphatic carbocycles. The number of hydrogen-bond donors (Lipinski definition) is 1. The Labute approximate surface area is 76.4 Å². The van der Waals surface area contributed by atoms with Gasteiger partial charge in [-0.2, -0.15) is 0 Å². The third-order valence-electron chi connectivity index (χ3n) is 1.31. The van der Waals surface area contributed by atoms with Crippen LogP contribution >= 0.6 is 12.4 Å². The summed E-state index contributed by atoms with van der Waals surface area (Å²) in [6.45, 7) is 0.467. The summed E-state index contributed by atoms with van der Waals surface area (Å²) >= 11 is 0. The molecule has 0 saturated carbocycles. The Bertz CT molecular complexity index is 293. The molecule has 0 aromatic heterocycles. The minimum absolute atomic E-state index is 0. The van der Waals surface area contributed by atoms with Crippen molar-refractivity contribution in [2.45, 2.75) is 6.54 Å². The standard InChI is InChI=1S/C7H8N4.ClH/c8-5-6-2-1-3-7(4-6)10-11-9;/h1-4H,5,8H2;1H. The molecule has 0 saturated heterocycles. The van der Waals surface area contributed by atoms with E-state index in [0.717, 1.165) is 5.56 Å². The van der Waals surface area contributed by atoms with Gasteiger partial charge in [-0.3, -0.25) is 0 Å². The maximum Gasteiger partial charge on any atom is 0.0378 e. The van der Waals surface area contributed by atoms with Gasteiger partial charge in [0.2, 0.25) is 0 Å². The van der Waals surface area contributed by atoms with Crippen LogP contribution in [0.25, 0.3) is 10.4 Å². The summed E-state index contributed by atoms with van der Waals surface area (Å²) in [6, 6.07) is 7.20. The van der Waals surface area contributed by atoms with E-state index in [9.17, 15) is 0 Å². The van der Waals surface area contributed by atoms with Gasteiger partial charge >= 0.3 is 0 Å². The summed E-state index contributed by atoms with van der Waals surface area (Å²) in [5.41, 5.74) is 15.1. The minimum Gasteiger partial charge on any atom is -0.326 e. The van der Waals surface area contributed by atoms with E-state index < -0.39 is 0 Å². The quantitative estimate of drug-likeness (QED) is 0.428. The summed E-state index contributed by atoms with van der Waals surface area (Å²) in [5, 5.41) is 3.44. The lowest BCUT2D eigenvalue weighted by Crippen LogP contribution is -1.94. The monoisotopic (exact) mass is 184 g/mol. The molecule has 1 rings (SSSR count). The summed E-state index contributed by atoms with van der Waals surface area (Å²) in [4.78, 5) is 2.67. The number of nitrogens with zero attached hydrogens (tertiary/aromatic N) is 3. The molecule has 0 heterocycles. The molecule has 4 nitrogen and oxygen atoms in total. The van der Waals surface area contributed by atoms with Crippen LogP contribution in [0.4, 0.5) is 5.69 Å². The van der Waals surface area contributed by atoms with Crippen LogP contribution in [0.5, 0.6) is 0 Å². The van der Waals surface area contributed by atoms with Gasteiger partial charge in [0, 0.05) is 17.1 Å². The van der Waals surface area contributed by atoms with E-state index in [1.807, 2.05) is 12.1 Å². The maximum atomic E-state index is 8.11. The van der Waals surface area contributed by atoms with E-state index in [4.69, 9.17) is 11.3 Å². The van der Waals surface area contributed by atoms with Crippen molar-refractivity contribution in [1.29, 1.82) is 0 Å². The fourth-order valence-corrected chi connectivity index (χ4v) is 0.797. The highest BCUT2D eigenvalue weighted by Gasteiger charge is 1.89. The summed E-state index contributed by atoms with van der Waals surface area (Å²) < 4.78 is 0. The van der Waals surface area contributed by atoms with Crippen LogP contribution in [0.15, 0.2) is 29.4 Å². The van der Waals surface area contributed by atoms with E-state index in [0.29, 0.717) is 12.2 Å². The van der Waals surface area contributed by atoms with E-state index in [2.05, 4.69) is 10.0 Å². The number of hydrogen-bond acceptors (Lipinski definition) is 2. The van der Waals surface area contributed by atoms with Crippen LogP contribution in [0.2, 0.25) is 0 Å². The minimum atomic E-state index is 0. The van der Waals surface area contributed by atoms with Crippen LogP contribution < -0.4 is 5.73 Å². The second-order valence-electron chi connectivity index (χ2n) is 2.06. The van der Waals surface area contributed by atoms with Crippen molar-refractivity contribution >= 4 is 18.1 Å².